The molecule has 1 amide bonds. The molecule has 0 radical (unpaired) electrons. The average Bonchev–Trinajstić information content (AvgIpc) is 3.29. The van der Waals surface area contributed by atoms with E-state index in [2.05, 4.69) is 10.0 Å². The van der Waals surface area contributed by atoms with Gasteiger partial charge in [0.2, 0.25) is 0 Å². The van der Waals surface area contributed by atoms with Crippen LogP contribution in [0.15, 0.2) is 53.9 Å². The minimum Gasteiger partial charge on any atom is -0.497 e. The van der Waals surface area contributed by atoms with Gasteiger partial charge in [-0.25, -0.2) is 4.72 Å². The Balaban J connectivity index is 1.77. The number of fused-ring (bicyclic) bond motifs is 1. The number of amides is 1. The number of nitrogens with zero attached hydrogens (tertiary/aromatic N) is 1. The van der Waals surface area contributed by atoms with Gasteiger partial charge >= 0.3 is 0 Å². The van der Waals surface area contributed by atoms with E-state index in [0.717, 1.165) is 11.1 Å². The fourth-order valence-corrected chi connectivity index (χ4v) is 4.58. The van der Waals surface area contributed by atoms with Crippen molar-refractivity contribution in [3.8, 4) is 5.75 Å². The number of benzene rings is 2. The number of carbonyl (C=O) groups excluding carboxylic acids is 2. The Labute approximate surface area is 189 Å². The summed E-state index contributed by atoms with van der Waals surface area (Å²) in [5, 5.41) is 5.95. The van der Waals surface area contributed by atoms with E-state index < -0.39 is 17.4 Å². The minimum absolute atomic E-state index is 0.374. The second-order valence-corrected chi connectivity index (χ2v) is 8.71. The number of rotatable bonds is 6. The fraction of sp³-hybridized carbons (Fsp3) is 0.217. The lowest BCUT2D eigenvalue weighted by Gasteiger charge is -2.23. The first-order valence-electron chi connectivity index (χ1n) is 9.70. The summed E-state index contributed by atoms with van der Waals surface area (Å²) in [6.45, 7) is 4.20. The molecule has 1 aliphatic rings. The highest BCUT2D eigenvalue weighted by atomic mass is 35.5. The molecule has 0 fully saturated rings. The van der Waals surface area contributed by atoms with E-state index in [4.69, 9.17) is 16.3 Å². The van der Waals surface area contributed by atoms with Gasteiger partial charge in [-0.1, -0.05) is 35.7 Å². The van der Waals surface area contributed by atoms with E-state index in [1.165, 1.54) is 11.9 Å². The number of methoxy groups -OCH3 is 1. The van der Waals surface area contributed by atoms with Crippen LogP contribution in [0.3, 0.4) is 0 Å². The van der Waals surface area contributed by atoms with Gasteiger partial charge in [-0.3, -0.25) is 9.59 Å². The van der Waals surface area contributed by atoms with Crippen LogP contribution in [-0.4, -0.2) is 29.0 Å². The molecule has 1 aromatic heterocycles. The van der Waals surface area contributed by atoms with Crippen LogP contribution in [0.5, 0.6) is 5.75 Å². The van der Waals surface area contributed by atoms with Gasteiger partial charge in [-0.05, 0) is 61.2 Å². The van der Waals surface area contributed by atoms with Crippen LogP contribution >= 0.6 is 23.5 Å². The number of nitrogens with one attached hydrogen (secondary N) is 2. The molecule has 0 saturated carbocycles. The third kappa shape index (κ3) is 4.21. The zero-order valence-corrected chi connectivity index (χ0v) is 18.9. The molecule has 3 aromatic rings. The summed E-state index contributed by atoms with van der Waals surface area (Å²) in [5.41, 5.74) is 2.20. The van der Waals surface area contributed by atoms with Gasteiger partial charge in [0, 0.05) is 28.2 Å². The summed E-state index contributed by atoms with van der Waals surface area (Å²) in [5.74, 6) is -0.632. The van der Waals surface area contributed by atoms with Gasteiger partial charge in [0.25, 0.3) is 11.7 Å². The van der Waals surface area contributed by atoms with E-state index in [-0.39, 0.29) is 0 Å². The lowest BCUT2D eigenvalue weighted by atomic mass is 10.0. The Morgan fingerprint density at radius 3 is 2.61 bits per heavy atom. The van der Waals surface area contributed by atoms with Crippen molar-refractivity contribution >= 4 is 46.1 Å². The predicted octanol–water partition coefficient (Wildman–Crippen LogP) is 4.44. The van der Waals surface area contributed by atoms with Crippen molar-refractivity contribution in [1.82, 2.24) is 14.6 Å². The Kier molecular flexibility index (Phi) is 5.83. The Morgan fingerprint density at radius 1 is 1.23 bits per heavy atom. The van der Waals surface area contributed by atoms with Crippen molar-refractivity contribution in [3.05, 3.63) is 75.8 Å². The maximum atomic E-state index is 13.3. The highest BCUT2D eigenvalue weighted by Gasteiger charge is 2.32. The van der Waals surface area contributed by atoms with Crippen LogP contribution in [0.25, 0.3) is 10.9 Å². The van der Waals surface area contributed by atoms with Crippen LogP contribution in [-0.2, 0) is 11.3 Å². The SMILES string of the molecule is COc1ccc2c(c1)c(C(=O)C(=O)NC1(C)C=CSN1)c(C)n2Cc1ccc(Cl)cc1. The largest absolute Gasteiger partial charge is 0.497 e. The van der Waals surface area contributed by atoms with E-state index in [0.29, 0.717) is 34.0 Å². The predicted molar refractivity (Wildman–Crippen MR) is 125 cm³/mol. The summed E-state index contributed by atoms with van der Waals surface area (Å²) in [4.78, 5) is 26.1. The first-order valence-corrected chi connectivity index (χ1v) is 11.0. The number of ether oxygens (including phenoxy) is 1. The number of hydrogen-bond donors (Lipinski definition) is 2. The molecule has 0 saturated heterocycles. The zero-order valence-electron chi connectivity index (χ0n) is 17.4. The third-order valence-electron chi connectivity index (χ3n) is 5.33. The maximum Gasteiger partial charge on any atom is 0.294 e. The van der Waals surface area contributed by atoms with Crippen molar-refractivity contribution in [1.29, 1.82) is 0 Å². The van der Waals surface area contributed by atoms with Crippen LogP contribution < -0.4 is 14.8 Å². The molecule has 0 bridgehead atoms. The maximum absolute atomic E-state index is 13.3. The third-order valence-corrected chi connectivity index (χ3v) is 6.40. The van der Waals surface area contributed by atoms with Gasteiger partial charge in [0.15, 0.2) is 0 Å². The van der Waals surface area contributed by atoms with Gasteiger partial charge < -0.3 is 14.6 Å². The molecule has 2 heterocycles. The van der Waals surface area contributed by atoms with Crippen molar-refractivity contribution in [3.63, 3.8) is 0 Å². The number of aromatic nitrogens is 1. The van der Waals surface area contributed by atoms with E-state index >= 15 is 0 Å². The normalized spacial score (nSPS) is 17.8. The summed E-state index contributed by atoms with van der Waals surface area (Å²) >= 11 is 7.38. The second kappa shape index (κ2) is 8.42. The Hall–Kier alpha value is -2.74. The van der Waals surface area contributed by atoms with Crippen molar-refractivity contribution in [2.75, 3.05) is 7.11 Å². The van der Waals surface area contributed by atoms with Crippen LogP contribution in [0.2, 0.25) is 5.02 Å². The van der Waals surface area contributed by atoms with Gasteiger partial charge in [0.05, 0.1) is 12.7 Å². The second-order valence-electron chi connectivity index (χ2n) is 7.56. The summed E-state index contributed by atoms with van der Waals surface area (Å²) in [7, 11) is 1.57. The first kappa shape index (κ1) is 21.5. The van der Waals surface area contributed by atoms with E-state index in [1.807, 2.05) is 59.4 Å². The van der Waals surface area contributed by atoms with Gasteiger partial charge in [0.1, 0.15) is 11.4 Å². The molecule has 0 spiro atoms. The topological polar surface area (TPSA) is 72.4 Å². The highest BCUT2D eigenvalue weighted by Crippen LogP contribution is 2.31. The summed E-state index contributed by atoms with van der Waals surface area (Å²) in [6.07, 6.45) is 1.81. The molecular weight excluding hydrogens is 434 g/mol. The number of halogens is 1. The molecule has 1 unspecified atom stereocenters. The summed E-state index contributed by atoms with van der Waals surface area (Å²) < 4.78 is 10.5. The lowest BCUT2D eigenvalue weighted by molar-refractivity contribution is -0.118. The Morgan fingerprint density at radius 2 is 1.97 bits per heavy atom. The standard InChI is InChI=1S/C23H22ClN3O3S/c1-14-20(21(28)22(29)25-23(2)10-11-31-26-23)18-12-17(30-3)8-9-19(18)27(14)13-15-4-6-16(24)7-5-15/h4-12,26H,13H2,1-3H3,(H,25,29). The fourth-order valence-electron chi connectivity index (χ4n) is 3.68. The average molecular weight is 456 g/mol. The highest BCUT2D eigenvalue weighted by molar-refractivity contribution is 8.00. The molecule has 2 N–H and O–H groups in total. The number of ketones is 1. The summed E-state index contributed by atoms with van der Waals surface area (Å²) in [6, 6.07) is 13.1. The number of Topliss-reactive ketones (excluding diaryl/α,β-unsaturated/α-hetero) is 1. The van der Waals surface area contributed by atoms with Gasteiger partial charge in [-0.2, -0.15) is 0 Å². The molecule has 4 rings (SSSR count). The van der Waals surface area contributed by atoms with Crippen molar-refractivity contribution in [2.45, 2.75) is 26.1 Å². The molecule has 2 aromatic carbocycles. The number of carbonyl (C=O) groups is 2. The molecule has 1 atom stereocenters. The molecule has 31 heavy (non-hydrogen) atoms. The monoisotopic (exact) mass is 455 g/mol. The molecule has 8 heteroatoms. The van der Waals surface area contributed by atoms with Crippen LogP contribution in [0.1, 0.15) is 28.5 Å². The minimum atomic E-state index is -0.773. The Bertz CT molecular complexity index is 1200. The lowest BCUT2D eigenvalue weighted by Crippen LogP contribution is -2.53. The van der Waals surface area contributed by atoms with Gasteiger partial charge in [-0.15, -0.1) is 0 Å². The molecule has 6 nitrogen and oxygen atoms in total. The quantitative estimate of drug-likeness (QED) is 0.326. The number of hydrogen-bond acceptors (Lipinski definition) is 5. The van der Waals surface area contributed by atoms with E-state index in [1.54, 1.807) is 20.1 Å². The van der Waals surface area contributed by atoms with Crippen molar-refractivity contribution < 1.29 is 14.3 Å². The van der Waals surface area contributed by atoms with Crippen molar-refractivity contribution in [2.24, 2.45) is 0 Å². The molecular formula is C23H22ClN3O3S. The van der Waals surface area contributed by atoms with Crippen LogP contribution in [0, 0.1) is 6.92 Å². The molecule has 1 aliphatic heterocycles. The molecule has 160 valence electrons. The zero-order chi connectivity index (χ0) is 22.2. The van der Waals surface area contributed by atoms with E-state index in [9.17, 15) is 9.59 Å². The smallest absolute Gasteiger partial charge is 0.294 e. The first-order chi connectivity index (χ1) is 14.8. The van der Waals surface area contributed by atoms with Crippen LogP contribution in [0.4, 0.5) is 0 Å². The molecule has 0 aliphatic carbocycles.